The van der Waals surface area contributed by atoms with E-state index >= 15 is 0 Å². The Morgan fingerprint density at radius 2 is 1.85 bits per heavy atom. The lowest BCUT2D eigenvalue weighted by molar-refractivity contribution is -0.148. The smallest absolute Gasteiger partial charge is 0.334 e. The van der Waals surface area contributed by atoms with Crippen molar-refractivity contribution in [1.82, 2.24) is 0 Å². The molecule has 0 aromatic carbocycles. The lowest BCUT2D eigenvalue weighted by atomic mass is 10.0. The maximum Gasteiger partial charge on any atom is 0.334 e. The van der Waals surface area contributed by atoms with E-state index in [-0.39, 0.29) is 18.1 Å². The molecule has 20 heavy (non-hydrogen) atoms. The van der Waals surface area contributed by atoms with E-state index in [1.165, 1.54) is 0 Å². The Labute approximate surface area is 122 Å². The number of esters is 2. The van der Waals surface area contributed by atoms with Gasteiger partial charge in [0.2, 0.25) is 0 Å². The molecule has 0 aromatic heterocycles. The molecule has 4 nitrogen and oxygen atoms in total. The summed E-state index contributed by atoms with van der Waals surface area (Å²) in [7, 11) is 0. The molecule has 0 fully saturated rings. The van der Waals surface area contributed by atoms with Gasteiger partial charge in [0.1, 0.15) is 0 Å². The molecule has 116 valence electrons. The minimum Gasteiger partial charge on any atom is -0.465 e. The summed E-state index contributed by atoms with van der Waals surface area (Å²) in [5, 5.41) is 0. The van der Waals surface area contributed by atoms with Crippen LogP contribution in [0.5, 0.6) is 0 Å². The van der Waals surface area contributed by atoms with Crippen LogP contribution in [0, 0.1) is 5.92 Å². The van der Waals surface area contributed by atoms with Crippen LogP contribution in [-0.4, -0.2) is 24.6 Å². The third kappa shape index (κ3) is 8.73. The third-order valence-corrected chi connectivity index (χ3v) is 3.01. The highest BCUT2D eigenvalue weighted by Crippen LogP contribution is 2.14. The molecule has 0 aliphatic heterocycles. The van der Waals surface area contributed by atoms with E-state index in [1.807, 2.05) is 0 Å². The van der Waals surface area contributed by atoms with Gasteiger partial charge in [-0.15, -0.1) is 0 Å². The monoisotopic (exact) mass is 284 g/mol. The van der Waals surface area contributed by atoms with Crippen LogP contribution in [0.2, 0.25) is 0 Å². The Morgan fingerprint density at radius 3 is 2.35 bits per heavy atom. The SMILES string of the molecule is C=C(CC(=O)OCC(CC)CCCC)C(=O)OC(C)C. The summed E-state index contributed by atoms with van der Waals surface area (Å²) >= 11 is 0. The molecule has 0 N–H and O–H groups in total. The normalized spacial score (nSPS) is 12.1. The number of hydrogen-bond donors (Lipinski definition) is 0. The molecule has 0 spiro atoms. The van der Waals surface area contributed by atoms with Crippen LogP contribution in [-0.2, 0) is 19.1 Å². The van der Waals surface area contributed by atoms with Gasteiger partial charge in [0.25, 0.3) is 0 Å². The molecule has 0 saturated heterocycles. The van der Waals surface area contributed by atoms with E-state index in [0.29, 0.717) is 12.5 Å². The van der Waals surface area contributed by atoms with E-state index in [2.05, 4.69) is 20.4 Å². The fraction of sp³-hybridized carbons (Fsp3) is 0.750. The second-order valence-electron chi connectivity index (χ2n) is 5.33. The zero-order chi connectivity index (χ0) is 15.5. The largest absolute Gasteiger partial charge is 0.465 e. The Kier molecular flexibility index (Phi) is 9.77. The van der Waals surface area contributed by atoms with Crippen molar-refractivity contribution in [1.29, 1.82) is 0 Å². The van der Waals surface area contributed by atoms with Gasteiger partial charge in [-0.3, -0.25) is 4.79 Å². The van der Waals surface area contributed by atoms with Crippen LogP contribution in [0.4, 0.5) is 0 Å². The Hall–Kier alpha value is -1.32. The first-order valence-electron chi connectivity index (χ1n) is 7.45. The quantitative estimate of drug-likeness (QED) is 0.454. The molecule has 1 atom stereocenters. The topological polar surface area (TPSA) is 52.6 Å². The number of carbonyl (C=O) groups excluding carboxylic acids is 2. The predicted octanol–water partition coefficient (Wildman–Crippen LogP) is 3.64. The van der Waals surface area contributed by atoms with Gasteiger partial charge >= 0.3 is 11.9 Å². The fourth-order valence-electron chi connectivity index (χ4n) is 1.70. The second kappa shape index (κ2) is 10.5. The van der Waals surface area contributed by atoms with Crippen molar-refractivity contribution in [2.24, 2.45) is 5.92 Å². The predicted molar refractivity (Wildman–Crippen MR) is 79.3 cm³/mol. The van der Waals surface area contributed by atoms with Crippen molar-refractivity contribution < 1.29 is 19.1 Å². The highest BCUT2D eigenvalue weighted by molar-refractivity contribution is 5.93. The van der Waals surface area contributed by atoms with E-state index < -0.39 is 11.9 Å². The maximum absolute atomic E-state index is 11.6. The van der Waals surface area contributed by atoms with Gasteiger partial charge in [0.15, 0.2) is 0 Å². The van der Waals surface area contributed by atoms with Crippen molar-refractivity contribution in [3.8, 4) is 0 Å². The van der Waals surface area contributed by atoms with Crippen molar-refractivity contribution in [2.45, 2.75) is 65.9 Å². The van der Waals surface area contributed by atoms with Gasteiger partial charge in [-0.2, -0.15) is 0 Å². The fourth-order valence-corrected chi connectivity index (χ4v) is 1.70. The summed E-state index contributed by atoms with van der Waals surface area (Å²) in [5.41, 5.74) is 0.144. The summed E-state index contributed by atoms with van der Waals surface area (Å²) in [6.07, 6.45) is 4.02. The molecule has 0 saturated carbocycles. The summed E-state index contributed by atoms with van der Waals surface area (Å²) in [4.78, 5) is 23.1. The van der Waals surface area contributed by atoms with Crippen molar-refractivity contribution >= 4 is 11.9 Å². The van der Waals surface area contributed by atoms with Crippen LogP contribution < -0.4 is 0 Å². The minimum atomic E-state index is -0.532. The molecule has 0 rings (SSSR count). The molecule has 4 heteroatoms. The highest BCUT2D eigenvalue weighted by Gasteiger charge is 2.16. The highest BCUT2D eigenvalue weighted by atomic mass is 16.5. The van der Waals surface area contributed by atoms with Gasteiger partial charge in [-0.05, 0) is 26.2 Å². The van der Waals surface area contributed by atoms with Crippen molar-refractivity contribution in [3.63, 3.8) is 0 Å². The van der Waals surface area contributed by atoms with E-state index in [9.17, 15) is 9.59 Å². The van der Waals surface area contributed by atoms with E-state index in [0.717, 1.165) is 25.7 Å². The first-order valence-corrected chi connectivity index (χ1v) is 7.45. The zero-order valence-electron chi connectivity index (χ0n) is 13.2. The van der Waals surface area contributed by atoms with E-state index in [4.69, 9.17) is 9.47 Å². The number of ether oxygens (including phenoxy) is 2. The van der Waals surface area contributed by atoms with Crippen LogP contribution >= 0.6 is 0 Å². The summed E-state index contributed by atoms with van der Waals surface area (Å²) in [6, 6.07) is 0. The minimum absolute atomic E-state index is 0.101. The second-order valence-corrected chi connectivity index (χ2v) is 5.33. The molecule has 1 unspecified atom stereocenters. The number of carbonyl (C=O) groups is 2. The van der Waals surface area contributed by atoms with Crippen LogP contribution in [0.15, 0.2) is 12.2 Å². The van der Waals surface area contributed by atoms with Gasteiger partial charge in [-0.1, -0.05) is 39.7 Å². The van der Waals surface area contributed by atoms with E-state index in [1.54, 1.807) is 13.8 Å². The summed E-state index contributed by atoms with van der Waals surface area (Å²) in [6.45, 7) is 11.7. The standard InChI is InChI=1S/C16H28O4/c1-6-8-9-14(7-2)11-19-15(17)10-13(5)16(18)20-12(3)4/h12,14H,5-11H2,1-4H3. The van der Waals surface area contributed by atoms with Gasteiger partial charge in [0.05, 0.1) is 19.1 Å². The summed E-state index contributed by atoms with van der Waals surface area (Å²) < 4.78 is 10.2. The van der Waals surface area contributed by atoms with Crippen LogP contribution in [0.1, 0.15) is 59.8 Å². The molecular formula is C16H28O4. The molecular weight excluding hydrogens is 256 g/mol. The Morgan fingerprint density at radius 1 is 1.20 bits per heavy atom. The number of rotatable bonds is 10. The molecule has 0 amide bonds. The molecule has 0 aliphatic rings. The first kappa shape index (κ1) is 18.7. The molecule has 0 aliphatic carbocycles. The number of unbranched alkanes of at least 4 members (excludes halogenated alkanes) is 1. The molecule has 0 heterocycles. The van der Waals surface area contributed by atoms with Gasteiger partial charge in [0, 0.05) is 5.57 Å². The molecule has 0 aromatic rings. The number of hydrogen-bond acceptors (Lipinski definition) is 4. The van der Waals surface area contributed by atoms with Gasteiger partial charge in [-0.25, -0.2) is 4.79 Å². The lowest BCUT2D eigenvalue weighted by Crippen LogP contribution is -2.18. The Balaban J connectivity index is 4.03. The zero-order valence-corrected chi connectivity index (χ0v) is 13.2. The van der Waals surface area contributed by atoms with Crippen molar-refractivity contribution in [3.05, 3.63) is 12.2 Å². The third-order valence-electron chi connectivity index (χ3n) is 3.01. The van der Waals surface area contributed by atoms with Crippen LogP contribution in [0.25, 0.3) is 0 Å². The average molecular weight is 284 g/mol. The first-order chi connectivity index (χ1) is 9.40. The van der Waals surface area contributed by atoms with Crippen LogP contribution in [0.3, 0.4) is 0 Å². The van der Waals surface area contributed by atoms with Gasteiger partial charge < -0.3 is 9.47 Å². The maximum atomic E-state index is 11.6. The lowest BCUT2D eigenvalue weighted by Gasteiger charge is -2.15. The van der Waals surface area contributed by atoms with Crippen molar-refractivity contribution in [2.75, 3.05) is 6.61 Å². The molecule has 0 radical (unpaired) electrons. The summed E-state index contributed by atoms with van der Waals surface area (Å²) in [5.74, 6) is -0.546. The molecule has 0 bridgehead atoms. The average Bonchev–Trinajstić information content (AvgIpc) is 2.38. The Bertz CT molecular complexity index is 320.